The Balaban J connectivity index is 1.62. The molecule has 1 atom stereocenters. The summed E-state index contributed by atoms with van der Waals surface area (Å²) >= 11 is 0. The first-order valence-corrected chi connectivity index (χ1v) is 11.1. The summed E-state index contributed by atoms with van der Waals surface area (Å²) in [4.78, 5) is 18.1. The molecule has 0 bridgehead atoms. The van der Waals surface area contributed by atoms with E-state index in [1.807, 2.05) is 23.7 Å². The molecule has 0 radical (unpaired) electrons. The molecule has 1 aliphatic heterocycles. The lowest BCUT2D eigenvalue weighted by Gasteiger charge is -2.28. The number of H-pyrrole nitrogens is 1. The third-order valence-electron chi connectivity index (χ3n) is 6.30. The fraction of sp³-hybridized carbons (Fsp3) is 0.565. The summed E-state index contributed by atoms with van der Waals surface area (Å²) in [7, 11) is 0. The van der Waals surface area contributed by atoms with Crippen molar-refractivity contribution in [2.24, 2.45) is 0 Å². The number of hydrogen-bond acceptors (Lipinski definition) is 6. The van der Waals surface area contributed by atoms with Gasteiger partial charge in [0.2, 0.25) is 0 Å². The molecule has 0 unspecified atom stereocenters. The van der Waals surface area contributed by atoms with Crippen molar-refractivity contribution in [3.05, 3.63) is 51.6 Å². The largest absolute Gasteiger partial charge is 0.377 e. The smallest absolute Gasteiger partial charge is 0.252 e. The number of aromatic amines is 1. The van der Waals surface area contributed by atoms with Crippen LogP contribution < -0.4 is 5.56 Å². The van der Waals surface area contributed by atoms with E-state index in [4.69, 9.17) is 4.74 Å². The highest BCUT2D eigenvalue weighted by Gasteiger charge is 2.26. The van der Waals surface area contributed by atoms with Crippen LogP contribution in [0, 0.1) is 6.92 Å². The molecule has 3 aromatic rings. The van der Waals surface area contributed by atoms with Gasteiger partial charge in [-0.25, -0.2) is 4.68 Å². The highest BCUT2D eigenvalue weighted by atomic mass is 16.5. The van der Waals surface area contributed by atoms with Crippen LogP contribution in [0.3, 0.4) is 0 Å². The molecule has 8 heteroatoms. The Morgan fingerprint density at radius 3 is 2.87 bits per heavy atom. The Labute approximate surface area is 182 Å². The van der Waals surface area contributed by atoms with Gasteiger partial charge in [0.25, 0.3) is 5.56 Å². The molecule has 1 N–H and O–H groups in total. The second kappa shape index (κ2) is 8.88. The van der Waals surface area contributed by atoms with Crippen molar-refractivity contribution in [1.82, 2.24) is 30.1 Å². The first-order valence-electron chi connectivity index (χ1n) is 11.1. The molecule has 2 aromatic heterocycles. The zero-order chi connectivity index (χ0) is 22.0. The summed E-state index contributed by atoms with van der Waals surface area (Å²) in [6, 6.07) is 8.12. The van der Waals surface area contributed by atoms with Crippen LogP contribution in [0.15, 0.2) is 29.1 Å². The summed E-state index contributed by atoms with van der Waals surface area (Å²) in [5.74, 6) is 0.803. The number of pyridine rings is 1. The van der Waals surface area contributed by atoms with Gasteiger partial charge in [0, 0.05) is 30.8 Å². The maximum Gasteiger partial charge on any atom is 0.252 e. The summed E-state index contributed by atoms with van der Waals surface area (Å²) in [6.45, 7) is 11.0. The van der Waals surface area contributed by atoms with E-state index in [-0.39, 0.29) is 17.2 Å². The van der Waals surface area contributed by atoms with Crippen LogP contribution in [0.4, 0.5) is 0 Å². The molecule has 8 nitrogen and oxygen atoms in total. The molecule has 0 saturated carbocycles. The Kier molecular flexibility index (Phi) is 6.20. The molecule has 0 aliphatic carbocycles. The van der Waals surface area contributed by atoms with Crippen LogP contribution in [0.25, 0.3) is 10.9 Å². The zero-order valence-corrected chi connectivity index (χ0v) is 18.9. The number of rotatable bonds is 8. The van der Waals surface area contributed by atoms with Crippen LogP contribution in [-0.4, -0.2) is 49.3 Å². The summed E-state index contributed by atoms with van der Waals surface area (Å²) in [5.41, 5.74) is 2.51. The number of aryl methyl sites for hydroxylation is 1. The topological polar surface area (TPSA) is 88.9 Å². The van der Waals surface area contributed by atoms with Crippen molar-refractivity contribution < 1.29 is 4.74 Å². The van der Waals surface area contributed by atoms with E-state index in [2.05, 4.69) is 58.3 Å². The van der Waals surface area contributed by atoms with Crippen molar-refractivity contribution in [3.8, 4) is 0 Å². The lowest BCUT2D eigenvalue weighted by Crippen LogP contribution is -2.36. The molecule has 166 valence electrons. The molecule has 4 rings (SSSR count). The van der Waals surface area contributed by atoms with E-state index in [0.29, 0.717) is 13.1 Å². The van der Waals surface area contributed by atoms with Crippen molar-refractivity contribution >= 4 is 10.9 Å². The number of ether oxygens (including phenoxy) is 1. The Hall–Kier alpha value is -2.58. The fourth-order valence-electron chi connectivity index (χ4n) is 4.10. The average Bonchev–Trinajstić information content (AvgIpc) is 3.41. The minimum Gasteiger partial charge on any atom is -0.377 e. The average molecular weight is 425 g/mol. The van der Waals surface area contributed by atoms with Crippen LogP contribution in [0.2, 0.25) is 0 Å². The molecule has 0 amide bonds. The number of benzene rings is 1. The van der Waals surface area contributed by atoms with Gasteiger partial charge in [0.05, 0.1) is 18.2 Å². The molecule has 0 spiro atoms. The minimum absolute atomic E-state index is 0.0519. The van der Waals surface area contributed by atoms with Gasteiger partial charge in [-0.3, -0.25) is 9.69 Å². The van der Waals surface area contributed by atoms with Crippen LogP contribution in [0.1, 0.15) is 57.0 Å². The fourth-order valence-corrected chi connectivity index (χ4v) is 4.10. The van der Waals surface area contributed by atoms with E-state index >= 15 is 0 Å². The molecular formula is C23H32N6O2. The van der Waals surface area contributed by atoms with E-state index in [9.17, 15) is 4.79 Å². The minimum atomic E-state index is -0.174. The lowest BCUT2D eigenvalue weighted by molar-refractivity contribution is 0.0656. The van der Waals surface area contributed by atoms with Gasteiger partial charge in [-0.2, -0.15) is 0 Å². The van der Waals surface area contributed by atoms with Gasteiger partial charge in [0.15, 0.2) is 5.82 Å². The molecule has 1 saturated heterocycles. The third-order valence-corrected chi connectivity index (χ3v) is 6.30. The first kappa shape index (κ1) is 21.6. The highest BCUT2D eigenvalue weighted by molar-refractivity contribution is 5.79. The maximum absolute atomic E-state index is 12.8. The summed E-state index contributed by atoms with van der Waals surface area (Å²) in [5, 5.41) is 13.5. The van der Waals surface area contributed by atoms with E-state index < -0.39 is 0 Å². The van der Waals surface area contributed by atoms with Gasteiger partial charge in [-0.1, -0.05) is 19.1 Å². The molecule has 1 fully saturated rings. The second-order valence-corrected chi connectivity index (χ2v) is 9.19. The van der Waals surface area contributed by atoms with Gasteiger partial charge in [0.1, 0.15) is 0 Å². The van der Waals surface area contributed by atoms with Gasteiger partial charge >= 0.3 is 0 Å². The molecule has 1 aromatic carbocycles. The maximum atomic E-state index is 12.8. The molecule has 31 heavy (non-hydrogen) atoms. The number of nitrogens with zero attached hydrogens (tertiary/aromatic N) is 5. The van der Waals surface area contributed by atoms with E-state index in [1.165, 1.54) is 0 Å². The number of nitrogens with one attached hydrogen (secondary N) is 1. The van der Waals surface area contributed by atoms with E-state index in [0.717, 1.165) is 60.3 Å². The summed E-state index contributed by atoms with van der Waals surface area (Å²) in [6.07, 6.45) is 3.20. The molecule has 3 heterocycles. The van der Waals surface area contributed by atoms with Crippen molar-refractivity contribution in [1.29, 1.82) is 0 Å². The van der Waals surface area contributed by atoms with Gasteiger partial charge in [-0.15, -0.1) is 5.10 Å². The summed E-state index contributed by atoms with van der Waals surface area (Å²) < 4.78 is 7.79. The quantitative estimate of drug-likeness (QED) is 0.598. The lowest BCUT2D eigenvalue weighted by atomic mass is 10.0. The highest BCUT2D eigenvalue weighted by Crippen LogP contribution is 2.22. The van der Waals surface area contributed by atoms with E-state index in [1.54, 1.807) is 0 Å². The van der Waals surface area contributed by atoms with Gasteiger partial charge in [-0.05, 0) is 73.5 Å². The zero-order valence-electron chi connectivity index (χ0n) is 18.9. The first-order chi connectivity index (χ1) is 14.9. The molecule has 1 aliphatic rings. The Morgan fingerprint density at radius 2 is 2.13 bits per heavy atom. The van der Waals surface area contributed by atoms with Crippen molar-refractivity contribution in [3.63, 3.8) is 0 Å². The SMILES string of the molecule is CCC(C)(C)n1nnnc1CN(Cc1cc2ccc(C)cc2[nH]c1=O)C[C@H]1CCCO1. The number of aromatic nitrogens is 5. The predicted octanol–water partition coefficient (Wildman–Crippen LogP) is 3.15. The van der Waals surface area contributed by atoms with Crippen molar-refractivity contribution in [2.45, 2.75) is 71.7 Å². The predicted molar refractivity (Wildman–Crippen MR) is 120 cm³/mol. The van der Waals surface area contributed by atoms with Gasteiger partial charge < -0.3 is 9.72 Å². The standard InChI is InChI=1S/C23H32N6O2/c1-5-23(3,4)29-21(25-26-27-29)15-28(14-19-7-6-10-31-19)13-18-12-17-9-8-16(2)11-20(17)24-22(18)30/h8-9,11-12,19H,5-7,10,13-15H2,1-4H3,(H,24,30)/t19-/m1/s1. The van der Waals surface area contributed by atoms with Crippen LogP contribution in [0.5, 0.6) is 0 Å². The monoisotopic (exact) mass is 424 g/mol. The van der Waals surface area contributed by atoms with Crippen molar-refractivity contribution in [2.75, 3.05) is 13.2 Å². The second-order valence-electron chi connectivity index (χ2n) is 9.19. The number of fused-ring (bicyclic) bond motifs is 1. The number of hydrogen-bond donors (Lipinski definition) is 1. The van der Waals surface area contributed by atoms with Crippen LogP contribution in [-0.2, 0) is 23.4 Å². The van der Waals surface area contributed by atoms with Crippen LogP contribution >= 0.6 is 0 Å². The normalized spacial score (nSPS) is 17.1. The Morgan fingerprint density at radius 1 is 1.29 bits per heavy atom. The number of tetrazole rings is 1. The Bertz CT molecular complexity index is 1100. The molecular weight excluding hydrogens is 392 g/mol. The third kappa shape index (κ3) is 4.85.